The summed E-state index contributed by atoms with van der Waals surface area (Å²) >= 11 is 6.13. The number of pyridine rings is 1. The zero-order valence-corrected chi connectivity index (χ0v) is 12.2. The molecule has 0 bridgehead atoms. The third-order valence-electron chi connectivity index (χ3n) is 3.25. The monoisotopic (exact) mass is 306 g/mol. The van der Waals surface area contributed by atoms with E-state index in [9.17, 15) is 9.59 Å². The summed E-state index contributed by atoms with van der Waals surface area (Å²) in [4.78, 5) is 27.2. The van der Waals surface area contributed by atoms with Crippen LogP contribution < -0.4 is 5.32 Å². The minimum absolute atomic E-state index is 0.0663. The molecular formula is C15H15ClN2O3. The van der Waals surface area contributed by atoms with E-state index >= 15 is 0 Å². The van der Waals surface area contributed by atoms with Gasteiger partial charge < -0.3 is 10.4 Å². The fourth-order valence-corrected chi connectivity index (χ4v) is 2.23. The molecule has 2 N–H and O–H groups in total. The quantitative estimate of drug-likeness (QED) is 0.890. The van der Waals surface area contributed by atoms with Gasteiger partial charge in [-0.05, 0) is 18.6 Å². The van der Waals surface area contributed by atoms with E-state index in [1.54, 1.807) is 13.0 Å². The molecule has 0 aliphatic heterocycles. The molecule has 0 aliphatic carbocycles. The van der Waals surface area contributed by atoms with E-state index in [0.717, 1.165) is 5.39 Å². The number of halogens is 1. The summed E-state index contributed by atoms with van der Waals surface area (Å²) in [7, 11) is 0. The van der Waals surface area contributed by atoms with E-state index in [2.05, 4.69) is 10.3 Å². The van der Waals surface area contributed by atoms with Crippen LogP contribution in [0.3, 0.4) is 0 Å². The van der Waals surface area contributed by atoms with Gasteiger partial charge in [0.15, 0.2) is 0 Å². The Hall–Kier alpha value is -2.14. The van der Waals surface area contributed by atoms with Crippen LogP contribution in [-0.4, -0.2) is 28.5 Å². The van der Waals surface area contributed by atoms with Gasteiger partial charge in [0.2, 0.25) is 0 Å². The largest absolute Gasteiger partial charge is 0.481 e. The Labute approximate surface area is 126 Å². The molecule has 0 saturated carbocycles. The van der Waals surface area contributed by atoms with Crippen LogP contribution in [0.4, 0.5) is 0 Å². The number of rotatable bonds is 5. The van der Waals surface area contributed by atoms with Crippen LogP contribution in [-0.2, 0) is 4.79 Å². The summed E-state index contributed by atoms with van der Waals surface area (Å²) < 4.78 is 0. The van der Waals surface area contributed by atoms with Gasteiger partial charge in [-0.2, -0.15) is 0 Å². The van der Waals surface area contributed by atoms with Crippen LogP contribution in [0.2, 0.25) is 5.02 Å². The molecule has 110 valence electrons. The number of hydrogen-bond acceptors (Lipinski definition) is 3. The lowest BCUT2D eigenvalue weighted by molar-refractivity contribution is -0.141. The van der Waals surface area contributed by atoms with Gasteiger partial charge in [0.25, 0.3) is 5.91 Å². The maximum atomic E-state index is 12.1. The number of carboxylic acids is 1. The zero-order valence-electron chi connectivity index (χ0n) is 11.5. The summed E-state index contributed by atoms with van der Waals surface area (Å²) in [6.45, 7) is 1.83. The number of nitrogens with zero attached hydrogens (tertiary/aromatic N) is 1. The number of aliphatic carboxylic acids is 1. The second-order valence-corrected chi connectivity index (χ2v) is 5.07. The van der Waals surface area contributed by atoms with E-state index < -0.39 is 17.8 Å². The van der Waals surface area contributed by atoms with Crippen molar-refractivity contribution in [2.75, 3.05) is 6.54 Å². The Morgan fingerprint density at radius 3 is 2.76 bits per heavy atom. The number of amides is 1. The summed E-state index contributed by atoms with van der Waals surface area (Å²) in [6.07, 6.45) is 0.446. The van der Waals surface area contributed by atoms with Gasteiger partial charge in [-0.1, -0.05) is 36.7 Å². The normalized spacial score (nSPS) is 12.1. The Kier molecular flexibility index (Phi) is 4.75. The van der Waals surface area contributed by atoms with Crippen LogP contribution in [0.15, 0.2) is 30.3 Å². The molecule has 5 nitrogen and oxygen atoms in total. The predicted molar refractivity (Wildman–Crippen MR) is 80.5 cm³/mol. The van der Waals surface area contributed by atoms with Crippen molar-refractivity contribution in [3.63, 3.8) is 0 Å². The third-order valence-corrected chi connectivity index (χ3v) is 3.56. The Morgan fingerprint density at radius 1 is 1.38 bits per heavy atom. The highest BCUT2D eigenvalue weighted by molar-refractivity contribution is 6.35. The second kappa shape index (κ2) is 6.54. The Bertz CT molecular complexity index is 688. The second-order valence-electron chi connectivity index (χ2n) is 4.66. The standard InChI is InChI=1S/C15H15ClN2O3/c1-2-9(15(20)21)8-17-14(19)13-7-11(16)10-5-3-4-6-12(10)18-13/h3-7,9H,2,8H2,1H3,(H,17,19)(H,20,21). The molecule has 1 aromatic heterocycles. The first-order valence-electron chi connectivity index (χ1n) is 6.59. The Balaban J connectivity index is 2.18. The first kappa shape index (κ1) is 15.3. The molecule has 1 aromatic carbocycles. The number of carboxylic acid groups (broad SMARTS) is 1. The molecule has 6 heteroatoms. The molecule has 0 fully saturated rings. The van der Waals surface area contributed by atoms with Crippen LogP contribution in [0, 0.1) is 5.92 Å². The van der Waals surface area contributed by atoms with E-state index in [1.165, 1.54) is 6.07 Å². The summed E-state index contributed by atoms with van der Waals surface area (Å²) in [5.74, 6) is -1.96. The van der Waals surface area contributed by atoms with Gasteiger partial charge in [-0.25, -0.2) is 4.98 Å². The van der Waals surface area contributed by atoms with Crippen LogP contribution in [0.25, 0.3) is 10.9 Å². The number of nitrogens with one attached hydrogen (secondary N) is 1. The van der Waals surface area contributed by atoms with Gasteiger partial charge in [-0.15, -0.1) is 0 Å². The van der Waals surface area contributed by atoms with Crippen LogP contribution in [0.5, 0.6) is 0 Å². The lowest BCUT2D eigenvalue weighted by atomic mass is 10.1. The van der Waals surface area contributed by atoms with E-state index in [-0.39, 0.29) is 12.2 Å². The molecule has 0 radical (unpaired) electrons. The van der Waals surface area contributed by atoms with Gasteiger partial charge in [0.1, 0.15) is 5.69 Å². The lowest BCUT2D eigenvalue weighted by Crippen LogP contribution is -2.33. The number of carbonyl (C=O) groups excluding carboxylic acids is 1. The smallest absolute Gasteiger partial charge is 0.308 e. The predicted octanol–water partition coefficient (Wildman–Crippen LogP) is 2.73. The SMILES string of the molecule is CCC(CNC(=O)c1cc(Cl)c2ccccc2n1)C(=O)O. The number of hydrogen-bond donors (Lipinski definition) is 2. The highest BCUT2D eigenvalue weighted by Gasteiger charge is 2.17. The van der Waals surface area contributed by atoms with Gasteiger partial charge in [0, 0.05) is 11.9 Å². The molecule has 1 amide bonds. The fourth-order valence-electron chi connectivity index (χ4n) is 1.96. The first-order chi connectivity index (χ1) is 10.0. The minimum Gasteiger partial charge on any atom is -0.481 e. The summed E-state index contributed by atoms with van der Waals surface area (Å²) in [6, 6.07) is 8.73. The zero-order chi connectivity index (χ0) is 15.4. The van der Waals surface area contributed by atoms with E-state index in [4.69, 9.17) is 16.7 Å². The fraction of sp³-hybridized carbons (Fsp3) is 0.267. The number of para-hydroxylation sites is 1. The van der Waals surface area contributed by atoms with Crippen LogP contribution in [0.1, 0.15) is 23.8 Å². The third kappa shape index (κ3) is 3.49. The van der Waals surface area contributed by atoms with Crippen molar-refractivity contribution >= 4 is 34.4 Å². The maximum Gasteiger partial charge on any atom is 0.308 e. The van der Waals surface area contributed by atoms with Gasteiger partial charge in [-0.3, -0.25) is 9.59 Å². The van der Waals surface area contributed by atoms with Crippen molar-refractivity contribution in [1.29, 1.82) is 0 Å². The van der Waals surface area contributed by atoms with E-state index in [0.29, 0.717) is 17.0 Å². The number of benzene rings is 1. The van der Waals surface area contributed by atoms with Crippen molar-refractivity contribution in [3.8, 4) is 0 Å². The van der Waals surface area contributed by atoms with Crippen molar-refractivity contribution < 1.29 is 14.7 Å². The molecule has 0 spiro atoms. The molecule has 2 aromatic rings. The highest BCUT2D eigenvalue weighted by atomic mass is 35.5. The van der Waals surface area contributed by atoms with Crippen molar-refractivity contribution in [2.24, 2.45) is 5.92 Å². The van der Waals surface area contributed by atoms with Crippen LogP contribution >= 0.6 is 11.6 Å². The highest BCUT2D eigenvalue weighted by Crippen LogP contribution is 2.22. The average Bonchev–Trinajstić information content (AvgIpc) is 2.47. The number of aromatic nitrogens is 1. The number of fused-ring (bicyclic) bond motifs is 1. The topological polar surface area (TPSA) is 79.3 Å². The average molecular weight is 307 g/mol. The van der Waals surface area contributed by atoms with Gasteiger partial charge >= 0.3 is 5.97 Å². The maximum absolute atomic E-state index is 12.1. The molecule has 0 aliphatic rings. The Morgan fingerprint density at radius 2 is 2.10 bits per heavy atom. The molecule has 1 unspecified atom stereocenters. The van der Waals surface area contributed by atoms with Crippen molar-refractivity contribution in [2.45, 2.75) is 13.3 Å². The van der Waals surface area contributed by atoms with Crippen molar-refractivity contribution in [3.05, 3.63) is 41.0 Å². The van der Waals surface area contributed by atoms with Crippen molar-refractivity contribution in [1.82, 2.24) is 10.3 Å². The summed E-state index contributed by atoms with van der Waals surface area (Å²) in [5, 5.41) is 12.7. The first-order valence-corrected chi connectivity index (χ1v) is 6.97. The summed E-state index contributed by atoms with van der Waals surface area (Å²) in [5.41, 5.74) is 0.805. The molecular weight excluding hydrogens is 292 g/mol. The lowest BCUT2D eigenvalue weighted by Gasteiger charge is -2.11. The molecule has 1 atom stereocenters. The minimum atomic E-state index is -0.928. The van der Waals surface area contributed by atoms with E-state index in [1.807, 2.05) is 18.2 Å². The molecule has 21 heavy (non-hydrogen) atoms. The molecule has 1 heterocycles. The number of carbonyl (C=O) groups is 2. The molecule has 2 rings (SSSR count). The van der Waals surface area contributed by atoms with Gasteiger partial charge in [0.05, 0.1) is 16.5 Å². The molecule has 0 saturated heterocycles.